The fraction of sp³-hybridized carbons (Fsp3) is 0.500. The van der Waals surface area contributed by atoms with Crippen LogP contribution in [-0.4, -0.2) is 54.4 Å². The van der Waals surface area contributed by atoms with Crippen LogP contribution >= 0.6 is 11.3 Å². The molecule has 2 N–H and O–H groups in total. The van der Waals surface area contributed by atoms with E-state index in [0.717, 1.165) is 32.0 Å². The number of nitrogens with one attached hydrogen (secondary N) is 1. The van der Waals surface area contributed by atoms with Gasteiger partial charge >= 0.3 is 12.1 Å². The average molecular weight is 460 g/mol. The average Bonchev–Trinajstić information content (AvgIpc) is 3.47. The van der Waals surface area contributed by atoms with Gasteiger partial charge in [-0.25, -0.2) is 4.79 Å². The van der Waals surface area contributed by atoms with E-state index in [2.05, 4.69) is 27.7 Å². The normalized spacial score (nSPS) is 23.5. The molecule has 0 radical (unpaired) electrons. The molecule has 1 amide bonds. The molecule has 7 nitrogen and oxygen atoms in total. The van der Waals surface area contributed by atoms with Crippen LogP contribution < -0.4 is 5.32 Å². The lowest BCUT2D eigenvalue weighted by atomic mass is 9.82. The van der Waals surface area contributed by atoms with Gasteiger partial charge in [-0.3, -0.25) is 9.69 Å². The number of furan rings is 1. The van der Waals surface area contributed by atoms with Gasteiger partial charge in [-0.05, 0) is 35.4 Å². The number of carboxylic acids is 1. The third-order valence-electron chi connectivity index (χ3n) is 5.27. The summed E-state index contributed by atoms with van der Waals surface area (Å²) in [6, 6.07) is 7.98. The SMILES string of the molecule is O=C(NCc1ccco1)[C@@H]1COC[C@H]2CN(Cc3cccs3)C[C@H]21.O=C(O)C(F)(F)F. The molecule has 0 aromatic carbocycles. The molecule has 4 rings (SSSR count). The molecule has 0 unspecified atom stereocenters. The Bertz CT molecular complexity index is 842. The molecule has 2 saturated heterocycles. The van der Waals surface area contributed by atoms with E-state index in [4.69, 9.17) is 19.1 Å². The van der Waals surface area contributed by atoms with Gasteiger partial charge in [0.2, 0.25) is 5.91 Å². The van der Waals surface area contributed by atoms with Crippen molar-refractivity contribution in [2.45, 2.75) is 19.3 Å². The van der Waals surface area contributed by atoms with Gasteiger partial charge in [0.15, 0.2) is 0 Å². The van der Waals surface area contributed by atoms with Crippen molar-refractivity contribution in [3.8, 4) is 0 Å². The van der Waals surface area contributed by atoms with Gasteiger partial charge < -0.3 is 19.6 Å². The molecule has 2 fully saturated rings. The summed E-state index contributed by atoms with van der Waals surface area (Å²) in [6.07, 6.45) is -3.46. The van der Waals surface area contributed by atoms with Crippen molar-refractivity contribution in [2.24, 2.45) is 17.8 Å². The molecule has 31 heavy (non-hydrogen) atoms. The number of aliphatic carboxylic acids is 1. The highest BCUT2D eigenvalue weighted by Gasteiger charge is 2.43. The maximum atomic E-state index is 12.6. The van der Waals surface area contributed by atoms with Crippen LogP contribution in [0.4, 0.5) is 13.2 Å². The third kappa shape index (κ3) is 6.55. The Balaban J connectivity index is 0.000000339. The molecule has 0 aliphatic carbocycles. The maximum absolute atomic E-state index is 12.6. The van der Waals surface area contributed by atoms with E-state index in [0.29, 0.717) is 25.0 Å². The molecule has 2 aromatic heterocycles. The number of rotatable bonds is 5. The summed E-state index contributed by atoms with van der Waals surface area (Å²) in [5.41, 5.74) is 0. The first-order chi connectivity index (χ1) is 14.7. The lowest BCUT2D eigenvalue weighted by molar-refractivity contribution is -0.192. The quantitative estimate of drug-likeness (QED) is 0.713. The van der Waals surface area contributed by atoms with Crippen molar-refractivity contribution < 1.29 is 37.0 Å². The number of fused-ring (bicyclic) bond motifs is 1. The van der Waals surface area contributed by atoms with Gasteiger partial charge in [-0.2, -0.15) is 13.2 Å². The number of hydrogen-bond acceptors (Lipinski definition) is 6. The van der Waals surface area contributed by atoms with Crippen LogP contribution in [0, 0.1) is 17.8 Å². The Kier molecular flexibility index (Phi) is 7.74. The predicted molar refractivity (Wildman–Crippen MR) is 105 cm³/mol. The van der Waals surface area contributed by atoms with Crippen LogP contribution in [0.1, 0.15) is 10.6 Å². The Morgan fingerprint density at radius 1 is 1.23 bits per heavy atom. The number of alkyl halides is 3. The van der Waals surface area contributed by atoms with Gasteiger partial charge in [-0.15, -0.1) is 11.3 Å². The Hall–Kier alpha value is -2.37. The molecule has 2 aromatic rings. The van der Waals surface area contributed by atoms with Crippen LogP contribution in [0.2, 0.25) is 0 Å². The first kappa shape index (κ1) is 23.3. The molecular formula is C20H23F3N2O5S. The standard InChI is InChI=1S/C18H22N2O3S.C2HF3O2/c21-18(19-7-14-3-1-5-23-14)17-12-22-11-13-8-20(10-16(13)17)9-15-4-2-6-24-15;3-2(4,5)1(6)7/h1-6,13,16-17H,7-12H2,(H,19,21);(H,6,7)/t13-,16-,17-;/m1./s1. The summed E-state index contributed by atoms with van der Waals surface area (Å²) in [4.78, 5) is 25.3. The second-order valence-corrected chi connectivity index (χ2v) is 8.47. The van der Waals surface area contributed by atoms with Crippen molar-refractivity contribution in [1.82, 2.24) is 10.2 Å². The van der Waals surface area contributed by atoms with E-state index >= 15 is 0 Å². The third-order valence-corrected chi connectivity index (χ3v) is 6.13. The number of likely N-dealkylation sites (tertiary alicyclic amines) is 1. The van der Waals surface area contributed by atoms with E-state index in [1.54, 1.807) is 17.6 Å². The van der Waals surface area contributed by atoms with Gasteiger partial charge in [0.25, 0.3) is 0 Å². The van der Waals surface area contributed by atoms with Crippen molar-refractivity contribution in [2.75, 3.05) is 26.3 Å². The highest BCUT2D eigenvalue weighted by atomic mass is 32.1. The minimum absolute atomic E-state index is 0.0629. The van der Waals surface area contributed by atoms with E-state index in [9.17, 15) is 18.0 Å². The number of halogens is 3. The fourth-order valence-corrected chi connectivity index (χ4v) is 4.58. The zero-order valence-corrected chi connectivity index (χ0v) is 17.3. The van der Waals surface area contributed by atoms with Gasteiger partial charge in [0.05, 0.1) is 31.9 Å². The second-order valence-electron chi connectivity index (χ2n) is 7.44. The van der Waals surface area contributed by atoms with Crippen LogP contribution in [0.3, 0.4) is 0 Å². The lowest BCUT2D eigenvalue weighted by Crippen LogP contribution is -2.44. The molecule has 3 atom stereocenters. The zero-order chi connectivity index (χ0) is 22.4. The number of ether oxygens (including phenoxy) is 1. The lowest BCUT2D eigenvalue weighted by Gasteiger charge is -2.31. The molecule has 0 bridgehead atoms. The smallest absolute Gasteiger partial charge is 0.475 e. The Morgan fingerprint density at radius 3 is 2.61 bits per heavy atom. The van der Waals surface area contributed by atoms with Crippen LogP contribution in [0.15, 0.2) is 40.3 Å². The maximum Gasteiger partial charge on any atom is 0.490 e. The topological polar surface area (TPSA) is 92.0 Å². The molecule has 170 valence electrons. The molecule has 11 heteroatoms. The monoisotopic (exact) mass is 460 g/mol. The van der Waals surface area contributed by atoms with Crippen molar-refractivity contribution in [3.05, 3.63) is 46.5 Å². The summed E-state index contributed by atoms with van der Waals surface area (Å²) in [6.45, 7) is 4.71. The number of carbonyl (C=O) groups excluding carboxylic acids is 1. The first-order valence-corrected chi connectivity index (χ1v) is 10.5. The minimum atomic E-state index is -5.08. The van der Waals surface area contributed by atoms with E-state index in [1.165, 1.54) is 4.88 Å². The minimum Gasteiger partial charge on any atom is -0.475 e. The fourth-order valence-electron chi connectivity index (χ4n) is 3.83. The van der Waals surface area contributed by atoms with Crippen molar-refractivity contribution in [3.63, 3.8) is 0 Å². The second kappa shape index (κ2) is 10.3. The molecule has 0 saturated carbocycles. The number of thiophene rings is 1. The van der Waals surface area contributed by atoms with E-state index in [1.807, 2.05) is 12.1 Å². The highest BCUT2D eigenvalue weighted by Crippen LogP contribution is 2.35. The molecule has 2 aliphatic rings. The van der Waals surface area contributed by atoms with Gasteiger partial charge in [0.1, 0.15) is 5.76 Å². The van der Waals surface area contributed by atoms with Gasteiger partial charge in [-0.1, -0.05) is 6.07 Å². The van der Waals surface area contributed by atoms with E-state index in [-0.39, 0.29) is 11.8 Å². The summed E-state index contributed by atoms with van der Waals surface area (Å²) >= 11 is 1.79. The highest BCUT2D eigenvalue weighted by molar-refractivity contribution is 7.09. The zero-order valence-electron chi connectivity index (χ0n) is 16.5. The summed E-state index contributed by atoms with van der Waals surface area (Å²) in [5.74, 6) is -1.12. The summed E-state index contributed by atoms with van der Waals surface area (Å²) in [5, 5.41) is 12.2. The number of carboxylic acid groups (broad SMARTS) is 1. The van der Waals surface area contributed by atoms with Gasteiger partial charge in [0, 0.05) is 24.5 Å². The van der Waals surface area contributed by atoms with Crippen molar-refractivity contribution >= 4 is 23.2 Å². The molecule has 0 spiro atoms. The van der Waals surface area contributed by atoms with E-state index < -0.39 is 12.1 Å². The van der Waals surface area contributed by atoms with Crippen LogP contribution in [-0.2, 0) is 27.4 Å². The summed E-state index contributed by atoms with van der Waals surface area (Å²) < 4.78 is 42.7. The molecule has 2 aliphatic heterocycles. The van der Waals surface area contributed by atoms with Crippen LogP contribution in [0.25, 0.3) is 0 Å². The Morgan fingerprint density at radius 2 is 2.00 bits per heavy atom. The Labute approximate surface area is 180 Å². The number of nitrogens with zero attached hydrogens (tertiary/aromatic N) is 1. The summed E-state index contributed by atoms with van der Waals surface area (Å²) in [7, 11) is 0. The first-order valence-electron chi connectivity index (χ1n) is 9.66. The molecule has 4 heterocycles. The largest absolute Gasteiger partial charge is 0.490 e. The number of hydrogen-bond donors (Lipinski definition) is 2. The number of carbonyl (C=O) groups is 2. The predicted octanol–water partition coefficient (Wildman–Crippen LogP) is 2.99. The van der Waals surface area contributed by atoms with Crippen LogP contribution in [0.5, 0.6) is 0 Å². The number of amides is 1. The molecular weight excluding hydrogens is 437 g/mol. The van der Waals surface area contributed by atoms with Crippen molar-refractivity contribution in [1.29, 1.82) is 0 Å².